The van der Waals surface area contributed by atoms with Gasteiger partial charge in [0.05, 0.1) is 5.57 Å². The first-order chi connectivity index (χ1) is 11.1. The Kier molecular flexibility index (Phi) is 4.29. The lowest BCUT2D eigenvalue weighted by Crippen LogP contribution is -2.05. The Morgan fingerprint density at radius 2 is 1.87 bits per heavy atom. The van der Waals surface area contributed by atoms with Crippen molar-refractivity contribution < 1.29 is 0 Å². The molecular weight excluding hydrogens is 284 g/mol. The van der Waals surface area contributed by atoms with Crippen LogP contribution in [0.4, 0.5) is 0 Å². The molecule has 0 radical (unpaired) electrons. The molecular formula is C19H22N4. The zero-order chi connectivity index (χ0) is 16.4. The van der Waals surface area contributed by atoms with Crippen LogP contribution in [-0.2, 0) is 13.0 Å². The average Bonchev–Trinajstić information content (AvgIpc) is 2.78. The van der Waals surface area contributed by atoms with Crippen LogP contribution >= 0.6 is 0 Å². The molecule has 1 aliphatic heterocycles. The third-order valence-corrected chi connectivity index (χ3v) is 4.65. The van der Waals surface area contributed by atoms with Gasteiger partial charge in [-0.15, -0.1) is 10.2 Å². The minimum absolute atomic E-state index is 0.594. The van der Waals surface area contributed by atoms with Gasteiger partial charge in [0.25, 0.3) is 0 Å². The maximum atomic E-state index is 9.65. The molecule has 4 nitrogen and oxygen atoms in total. The van der Waals surface area contributed by atoms with E-state index in [1.807, 2.05) is 6.08 Å². The van der Waals surface area contributed by atoms with Gasteiger partial charge in [-0.05, 0) is 61.9 Å². The van der Waals surface area contributed by atoms with Crippen molar-refractivity contribution in [1.82, 2.24) is 14.8 Å². The molecule has 0 unspecified atom stereocenters. The molecule has 1 aromatic heterocycles. The largest absolute Gasteiger partial charge is 0.310 e. The quantitative estimate of drug-likeness (QED) is 0.788. The van der Waals surface area contributed by atoms with Crippen LogP contribution in [0.1, 0.15) is 53.2 Å². The smallest absolute Gasteiger partial charge is 0.174 e. The van der Waals surface area contributed by atoms with Gasteiger partial charge in [-0.3, -0.25) is 0 Å². The van der Waals surface area contributed by atoms with Crippen LogP contribution in [-0.4, -0.2) is 14.8 Å². The van der Waals surface area contributed by atoms with Gasteiger partial charge < -0.3 is 4.57 Å². The van der Waals surface area contributed by atoms with E-state index in [2.05, 4.69) is 53.7 Å². The molecule has 0 saturated heterocycles. The van der Waals surface area contributed by atoms with Crippen molar-refractivity contribution in [3.8, 4) is 6.07 Å². The molecule has 118 valence electrons. The van der Waals surface area contributed by atoms with Crippen molar-refractivity contribution in [2.75, 3.05) is 0 Å². The Labute approximate surface area is 137 Å². The Morgan fingerprint density at radius 3 is 2.65 bits per heavy atom. The number of fused-ring (bicyclic) bond motifs is 1. The van der Waals surface area contributed by atoms with Crippen LogP contribution in [0.15, 0.2) is 12.1 Å². The van der Waals surface area contributed by atoms with Crippen LogP contribution in [0, 0.1) is 32.1 Å². The molecule has 0 fully saturated rings. The van der Waals surface area contributed by atoms with Crippen molar-refractivity contribution >= 4 is 11.6 Å². The first-order valence-electron chi connectivity index (χ1n) is 8.22. The van der Waals surface area contributed by atoms with E-state index < -0.39 is 0 Å². The highest BCUT2D eigenvalue weighted by molar-refractivity contribution is 5.88. The molecule has 0 saturated carbocycles. The Balaban J connectivity index is 2.06. The second-order valence-corrected chi connectivity index (χ2v) is 6.37. The lowest BCUT2D eigenvalue weighted by atomic mass is 9.99. The summed E-state index contributed by atoms with van der Waals surface area (Å²) in [5.41, 5.74) is 5.36. The molecule has 2 heterocycles. The van der Waals surface area contributed by atoms with Crippen molar-refractivity contribution in [3.05, 3.63) is 46.0 Å². The lowest BCUT2D eigenvalue weighted by Gasteiger charge is -2.08. The third-order valence-electron chi connectivity index (χ3n) is 4.65. The highest BCUT2D eigenvalue weighted by Gasteiger charge is 2.17. The van der Waals surface area contributed by atoms with Crippen molar-refractivity contribution in [3.63, 3.8) is 0 Å². The number of rotatable bonds is 2. The minimum Gasteiger partial charge on any atom is -0.310 e. The van der Waals surface area contributed by atoms with Gasteiger partial charge in [0, 0.05) is 13.0 Å². The third kappa shape index (κ3) is 3.05. The highest BCUT2D eigenvalue weighted by Crippen LogP contribution is 2.24. The van der Waals surface area contributed by atoms with Gasteiger partial charge in [0.2, 0.25) is 0 Å². The van der Waals surface area contributed by atoms with Gasteiger partial charge in [-0.2, -0.15) is 5.26 Å². The number of aromatic nitrogens is 3. The van der Waals surface area contributed by atoms with E-state index in [4.69, 9.17) is 0 Å². The summed E-state index contributed by atoms with van der Waals surface area (Å²) in [5, 5.41) is 18.2. The van der Waals surface area contributed by atoms with E-state index in [0.29, 0.717) is 11.4 Å². The average molecular weight is 306 g/mol. The fourth-order valence-corrected chi connectivity index (χ4v) is 3.12. The molecule has 0 spiro atoms. The summed E-state index contributed by atoms with van der Waals surface area (Å²) in [7, 11) is 0. The van der Waals surface area contributed by atoms with E-state index in [-0.39, 0.29) is 0 Å². The minimum atomic E-state index is 0.594. The number of aryl methyl sites for hydroxylation is 4. The zero-order valence-electron chi connectivity index (χ0n) is 14.1. The molecule has 0 amide bonds. The molecule has 0 bridgehead atoms. The van der Waals surface area contributed by atoms with Crippen LogP contribution in [0.5, 0.6) is 0 Å². The van der Waals surface area contributed by atoms with E-state index in [9.17, 15) is 5.26 Å². The topological polar surface area (TPSA) is 54.5 Å². The molecule has 2 aromatic rings. The van der Waals surface area contributed by atoms with E-state index >= 15 is 0 Å². The Morgan fingerprint density at radius 1 is 1.09 bits per heavy atom. The predicted octanol–water partition coefficient (Wildman–Crippen LogP) is 3.99. The van der Waals surface area contributed by atoms with Gasteiger partial charge in [-0.25, -0.2) is 0 Å². The highest BCUT2D eigenvalue weighted by atomic mass is 15.3. The molecule has 4 heteroatoms. The summed E-state index contributed by atoms with van der Waals surface area (Å²) in [6.07, 6.45) is 6.39. The van der Waals surface area contributed by atoms with Gasteiger partial charge in [-0.1, -0.05) is 18.6 Å². The summed E-state index contributed by atoms with van der Waals surface area (Å²) < 4.78 is 2.12. The second kappa shape index (κ2) is 6.37. The molecule has 1 aliphatic rings. The molecule has 0 N–H and O–H groups in total. The van der Waals surface area contributed by atoms with Crippen LogP contribution in [0.3, 0.4) is 0 Å². The normalized spacial score (nSPS) is 15.0. The predicted molar refractivity (Wildman–Crippen MR) is 91.7 cm³/mol. The van der Waals surface area contributed by atoms with Crippen LogP contribution in [0.2, 0.25) is 0 Å². The standard InChI is InChI=1S/C19H22N4/c1-13-9-15(3)16(10-14(13)2)11-17(12-20)19-22-21-18-7-5-4-6-8-23(18)19/h9-11H,4-8H2,1-3H3/b17-11+. The summed E-state index contributed by atoms with van der Waals surface area (Å²) in [4.78, 5) is 0. The number of allylic oxidation sites excluding steroid dienone is 1. The van der Waals surface area contributed by atoms with Crippen LogP contribution in [0.25, 0.3) is 11.6 Å². The number of nitriles is 1. The fraction of sp³-hybridized carbons (Fsp3) is 0.421. The SMILES string of the molecule is Cc1cc(C)c(/C=C(\C#N)c2nnc3n2CCCCC3)cc1C. The van der Waals surface area contributed by atoms with E-state index in [0.717, 1.165) is 37.2 Å². The number of benzene rings is 1. The van der Waals surface area contributed by atoms with Crippen molar-refractivity contribution in [2.24, 2.45) is 0 Å². The fourth-order valence-electron chi connectivity index (χ4n) is 3.12. The van der Waals surface area contributed by atoms with Crippen molar-refractivity contribution in [1.29, 1.82) is 5.26 Å². The Bertz CT molecular complexity index is 806. The molecule has 0 atom stereocenters. The number of hydrogen-bond donors (Lipinski definition) is 0. The Hall–Kier alpha value is -2.41. The van der Waals surface area contributed by atoms with Crippen molar-refractivity contribution in [2.45, 2.75) is 53.0 Å². The number of hydrogen-bond acceptors (Lipinski definition) is 3. The van der Waals surface area contributed by atoms with Gasteiger partial charge in [0.15, 0.2) is 5.82 Å². The van der Waals surface area contributed by atoms with Gasteiger partial charge in [0.1, 0.15) is 11.9 Å². The maximum absolute atomic E-state index is 9.65. The maximum Gasteiger partial charge on any atom is 0.174 e. The number of nitrogens with zero attached hydrogens (tertiary/aromatic N) is 4. The zero-order valence-corrected chi connectivity index (χ0v) is 14.1. The van der Waals surface area contributed by atoms with E-state index in [1.54, 1.807) is 0 Å². The molecule has 0 aliphatic carbocycles. The van der Waals surface area contributed by atoms with E-state index in [1.165, 1.54) is 23.1 Å². The first kappa shape index (κ1) is 15.5. The first-order valence-corrected chi connectivity index (χ1v) is 8.22. The summed E-state index contributed by atoms with van der Waals surface area (Å²) >= 11 is 0. The monoisotopic (exact) mass is 306 g/mol. The summed E-state index contributed by atoms with van der Waals surface area (Å²) in [6.45, 7) is 7.20. The molecule has 23 heavy (non-hydrogen) atoms. The second-order valence-electron chi connectivity index (χ2n) is 6.37. The van der Waals surface area contributed by atoms with Gasteiger partial charge >= 0.3 is 0 Å². The molecule has 1 aromatic carbocycles. The summed E-state index contributed by atoms with van der Waals surface area (Å²) in [5.74, 6) is 1.72. The van der Waals surface area contributed by atoms with Crippen LogP contribution < -0.4 is 0 Å². The summed E-state index contributed by atoms with van der Waals surface area (Å²) in [6, 6.07) is 6.63. The molecule has 3 rings (SSSR count). The lowest BCUT2D eigenvalue weighted by molar-refractivity contribution is 0.627.